The zero-order valence-electron chi connectivity index (χ0n) is 12.8. The van der Waals surface area contributed by atoms with E-state index in [1.165, 1.54) is 5.56 Å². The minimum Gasteiger partial charge on any atom is -0.493 e. The molecule has 1 aromatic carbocycles. The molecule has 5 nitrogen and oxygen atoms in total. The molecule has 1 amide bonds. The monoisotopic (exact) mass is 290 g/mol. The number of ether oxygens (including phenoxy) is 2. The highest BCUT2D eigenvalue weighted by Gasteiger charge is 2.42. The quantitative estimate of drug-likeness (QED) is 0.834. The molecule has 3 rings (SSSR count). The van der Waals surface area contributed by atoms with Crippen LogP contribution >= 0.6 is 0 Å². The first kappa shape index (κ1) is 14.2. The summed E-state index contributed by atoms with van der Waals surface area (Å²) in [6, 6.07) is 5.81. The lowest BCUT2D eigenvalue weighted by molar-refractivity contribution is 0.0636. The van der Waals surface area contributed by atoms with Crippen LogP contribution in [0.3, 0.4) is 0 Å². The summed E-state index contributed by atoms with van der Waals surface area (Å²) in [7, 11) is 0. The minimum absolute atomic E-state index is 0.0814. The molecule has 2 aliphatic rings. The molecule has 2 aliphatic heterocycles. The van der Waals surface area contributed by atoms with E-state index >= 15 is 0 Å². The zero-order chi connectivity index (χ0) is 15.1. The second-order valence-corrected chi connectivity index (χ2v) is 6.70. The Hall–Kier alpha value is -1.75. The lowest BCUT2D eigenvalue weighted by Crippen LogP contribution is -2.56. The van der Waals surface area contributed by atoms with Crippen molar-refractivity contribution in [3.8, 4) is 5.75 Å². The van der Waals surface area contributed by atoms with Crippen molar-refractivity contribution in [3.63, 3.8) is 0 Å². The topological polar surface area (TPSA) is 59.6 Å². The number of benzene rings is 1. The van der Waals surface area contributed by atoms with Gasteiger partial charge in [-0.25, -0.2) is 4.79 Å². The molecule has 114 valence electrons. The SMILES string of the molecule is CC(C)(C)OC(=O)Nc1ccc2c(c1)OCC[C@@]21CCN1. The number of hydrogen-bond donors (Lipinski definition) is 2. The third kappa shape index (κ3) is 2.83. The standard InChI is InChI=1S/C16H22N2O3/c1-15(2,3)21-14(19)18-11-4-5-12-13(10-11)20-9-7-16(12)6-8-17-16/h4-5,10,17H,6-9H2,1-3H3,(H,18,19)/t16-/m0/s1. The molecular formula is C16H22N2O3. The highest BCUT2D eigenvalue weighted by atomic mass is 16.6. The fourth-order valence-corrected chi connectivity index (χ4v) is 2.88. The highest BCUT2D eigenvalue weighted by Crippen LogP contribution is 2.43. The summed E-state index contributed by atoms with van der Waals surface area (Å²) in [6.07, 6.45) is 1.69. The third-order valence-corrected chi connectivity index (χ3v) is 3.94. The van der Waals surface area contributed by atoms with Crippen molar-refractivity contribution in [2.45, 2.75) is 44.8 Å². The van der Waals surface area contributed by atoms with E-state index in [4.69, 9.17) is 9.47 Å². The van der Waals surface area contributed by atoms with Crippen LogP contribution in [0.5, 0.6) is 5.75 Å². The first-order valence-electron chi connectivity index (χ1n) is 7.40. The molecule has 0 unspecified atom stereocenters. The number of nitrogens with one attached hydrogen (secondary N) is 2. The van der Waals surface area contributed by atoms with Gasteiger partial charge in [-0.15, -0.1) is 0 Å². The second-order valence-electron chi connectivity index (χ2n) is 6.70. The molecule has 0 bridgehead atoms. The first-order chi connectivity index (χ1) is 9.88. The average Bonchev–Trinajstić information content (AvgIpc) is 2.33. The number of amides is 1. The Kier molecular flexibility index (Phi) is 3.32. The second kappa shape index (κ2) is 4.91. The maximum atomic E-state index is 11.8. The predicted molar refractivity (Wildman–Crippen MR) is 80.7 cm³/mol. The van der Waals surface area contributed by atoms with E-state index in [0.717, 1.165) is 25.1 Å². The molecule has 1 atom stereocenters. The molecule has 5 heteroatoms. The molecule has 0 saturated carbocycles. The lowest BCUT2D eigenvalue weighted by atomic mass is 9.76. The molecule has 1 aromatic rings. The van der Waals surface area contributed by atoms with Crippen LogP contribution in [0, 0.1) is 0 Å². The van der Waals surface area contributed by atoms with Crippen LogP contribution in [0.15, 0.2) is 18.2 Å². The Morgan fingerprint density at radius 2 is 2.14 bits per heavy atom. The number of rotatable bonds is 1. The molecule has 21 heavy (non-hydrogen) atoms. The van der Waals surface area contributed by atoms with Crippen molar-refractivity contribution in [2.24, 2.45) is 0 Å². The van der Waals surface area contributed by atoms with Crippen LogP contribution in [0.2, 0.25) is 0 Å². The Morgan fingerprint density at radius 3 is 2.76 bits per heavy atom. The van der Waals surface area contributed by atoms with Crippen LogP contribution in [-0.4, -0.2) is 24.8 Å². The maximum Gasteiger partial charge on any atom is 0.412 e. The van der Waals surface area contributed by atoms with Gasteiger partial charge in [0, 0.05) is 23.7 Å². The smallest absolute Gasteiger partial charge is 0.412 e. The molecule has 2 N–H and O–H groups in total. The van der Waals surface area contributed by atoms with Gasteiger partial charge < -0.3 is 14.8 Å². The van der Waals surface area contributed by atoms with Crippen LogP contribution in [0.4, 0.5) is 10.5 Å². The molecule has 0 radical (unpaired) electrons. The van der Waals surface area contributed by atoms with Gasteiger partial charge >= 0.3 is 6.09 Å². The number of carbonyl (C=O) groups excluding carboxylic acids is 1. The van der Waals surface area contributed by atoms with Crippen molar-refractivity contribution in [2.75, 3.05) is 18.5 Å². The third-order valence-electron chi connectivity index (χ3n) is 3.94. The maximum absolute atomic E-state index is 11.8. The largest absolute Gasteiger partial charge is 0.493 e. The van der Waals surface area contributed by atoms with Crippen LogP contribution in [0.25, 0.3) is 0 Å². The fraction of sp³-hybridized carbons (Fsp3) is 0.562. The molecule has 1 fully saturated rings. The fourth-order valence-electron chi connectivity index (χ4n) is 2.88. The van der Waals surface area contributed by atoms with Gasteiger partial charge in [0.1, 0.15) is 11.4 Å². The normalized spacial score (nSPS) is 23.8. The Bertz CT molecular complexity index is 559. The van der Waals surface area contributed by atoms with Crippen LogP contribution in [0.1, 0.15) is 39.2 Å². The Balaban J connectivity index is 1.76. The molecule has 1 saturated heterocycles. The highest BCUT2D eigenvalue weighted by molar-refractivity contribution is 5.85. The summed E-state index contributed by atoms with van der Waals surface area (Å²) in [6.45, 7) is 7.28. The van der Waals surface area contributed by atoms with Gasteiger partial charge in [0.25, 0.3) is 0 Å². The van der Waals surface area contributed by atoms with E-state index in [9.17, 15) is 4.79 Å². The summed E-state index contributed by atoms with van der Waals surface area (Å²) >= 11 is 0. The number of fused-ring (bicyclic) bond motifs is 2. The van der Waals surface area contributed by atoms with Crippen molar-refractivity contribution in [1.29, 1.82) is 0 Å². The summed E-state index contributed by atoms with van der Waals surface area (Å²) in [5.74, 6) is 0.849. The van der Waals surface area contributed by atoms with Gasteiger partial charge in [-0.1, -0.05) is 6.07 Å². The van der Waals surface area contributed by atoms with Gasteiger partial charge in [-0.2, -0.15) is 0 Å². The molecular weight excluding hydrogens is 268 g/mol. The summed E-state index contributed by atoms with van der Waals surface area (Å²) in [5.41, 5.74) is 1.46. The lowest BCUT2D eigenvalue weighted by Gasteiger charge is -2.47. The minimum atomic E-state index is -0.505. The van der Waals surface area contributed by atoms with Gasteiger partial charge in [-0.05, 0) is 39.8 Å². The van der Waals surface area contributed by atoms with E-state index < -0.39 is 11.7 Å². The Labute approximate surface area is 125 Å². The molecule has 2 heterocycles. The van der Waals surface area contributed by atoms with Crippen molar-refractivity contribution < 1.29 is 14.3 Å². The van der Waals surface area contributed by atoms with E-state index in [0.29, 0.717) is 12.3 Å². The van der Waals surface area contributed by atoms with Crippen LogP contribution < -0.4 is 15.4 Å². The number of hydrogen-bond acceptors (Lipinski definition) is 4. The van der Waals surface area contributed by atoms with E-state index in [1.807, 2.05) is 39.0 Å². The van der Waals surface area contributed by atoms with Gasteiger partial charge in [0.15, 0.2) is 0 Å². The molecule has 0 aliphatic carbocycles. The Morgan fingerprint density at radius 1 is 1.38 bits per heavy atom. The van der Waals surface area contributed by atoms with E-state index in [-0.39, 0.29) is 5.54 Å². The number of carbonyl (C=O) groups is 1. The summed E-state index contributed by atoms with van der Waals surface area (Å²) in [4.78, 5) is 11.8. The van der Waals surface area contributed by atoms with E-state index in [1.54, 1.807) is 0 Å². The van der Waals surface area contributed by atoms with Crippen molar-refractivity contribution >= 4 is 11.8 Å². The first-order valence-corrected chi connectivity index (χ1v) is 7.40. The van der Waals surface area contributed by atoms with Gasteiger partial charge in [-0.3, -0.25) is 5.32 Å². The zero-order valence-corrected chi connectivity index (χ0v) is 12.8. The molecule has 0 aromatic heterocycles. The summed E-state index contributed by atoms with van der Waals surface area (Å²) in [5, 5.41) is 6.27. The van der Waals surface area contributed by atoms with Gasteiger partial charge in [0.05, 0.1) is 12.1 Å². The van der Waals surface area contributed by atoms with Crippen LogP contribution in [-0.2, 0) is 10.3 Å². The summed E-state index contributed by atoms with van der Waals surface area (Å²) < 4.78 is 11.0. The van der Waals surface area contributed by atoms with E-state index in [2.05, 4.69) is 10.6 Å². The van der Waals surface area contributed by atoms with Crippen molar-refractivity contribution in [1.82, 2.24) is 5.32 Å². The van der Waals surface area contributed by atoms with Gasteiger partial charge in [0.2, 0.25) is 0 Å². The number of anilines is 1. The predicted octanol–water partition coefficient (Wildman–Crippen LogP) is 3.00. The van der Waals surface area contributed by atoms with Crippen molar-refractivity contribution in [3.05, 3.63) is 23.8 Å². The average molecular weight is 290 g/mol. The molecule has 1 spiro atoms.